The molecule has 0 spiro atoms. The Morgan fingerprint density at radius 1 is 1.25 bits per heavy atom. The van der Waals surface area contributed by atoms with Gasteiger partial charge in [0.25, 0.3) is 0 Å². The Hall–Kier alpha value is -0.120. The molecule has 1 unspecified atom stereocenters. The smallest absolute Gasteiger partial charge is 0.0225 e. The van der Waals surface area contributed by atoms with Crippen molar-refractivity contribution in [1.82, 2.24) is 15.1 Å². The maximum atomic E-state index is 3.44. The number of hydrogen-bond acceptors (Lipinski definition) is 3. The zero-order chi connectivity index (χ0) is 11.6. The quantitative estimate of drug-likeness (QED) is 0.761. The molecule has 2 rings (SSSR count). The van der Waals surface area contributed by atoms with E-state index in [1.165, 1.54) is 52.1 Å². The molecule has 0 aromatic carbocycles. The van der Waals surface area contributed by atoms with Crippen molar-refractivity contribution in [3.63, 3.8) is 0 Å². The largest absolute Gasteiger partial charge is 0.314 e. The molecule has 0 aromatic rings. The number of nitrogens with one attached hydrogen (secondary N) is 1. The maximum Gasteiger partial charge on any atom is 0.0225 e. The van der Waals surface area contributed by atoms with Crippen molar-refractivity contribution in [2.75, 3.05) is 39.3 Å². The van der Waals surface area contributed by atoms with Crippen LogP contribution in [0.3, 0.4) is 0 Å². The fraction of sp³-hybridized carbons (Fsp3) is 1.00. The van der Waals surface area contributed by atoms with Gasteiger partial charge in [-0.15, -0.1) is 0 Å². The monoisotopic (exact) mass is 225 g/mol. The second-order valence-electron chi connectivity index (χ2n) is 5.83. The summed E-state index contributed by atoms with van der Waals surface area (Å²) in [6.07, 6.45) is 2.72. The van der Waals surface area contributed by atoms with E-state index in [0.717, 1.165) is 6.04 Å². The molecule has 3 heteroatoms. The Balaban J connectivity index is 1.93. The topological polar surface area (TPSA) is 18.5 Å². The zero-order valence-corrected chi connectivity index (χ0v) is 11.1. The number of hydrogen-bond donors (Lipinski definition) is 1. The summed E-state index contributed by atoms with van der Waals surface area (Å²) in [6, 6.07) is 0.801. The van der Waals surface area contributed by atoms with Gasteiger partial charge in [-0.1, -0.05) is 6.92 Å². The van der Waals surface area contributed by atoms with E-state index in [1.807, 2.05) is 0 Å². The van der Waals surface area contributed by atoms with Crippen LogP contribution in [0.5, 0.6) is 0 Å². The third kappa shape index (κ3) is 2.58. The predicted molar refractivity (Wildman–Crippen MR) is 68.8 cm³/mol. The summed E-state index contributed by atoms with van der Waals surface area (Å²) in [5.74, 6) is 0. The summed E-state index contributed by atoms with van der Waals surface area (Å²) in [6.45, 7) is 14.4. The summed E-state index contributed by atoms with van der Waals surface area (Å²) >= 11 is 0. The van der Waals surface area contributed by atoms with Crippen LogP contribution in [0.25, 0.3) is 0 Å². The average Bonchev–Trinajstić information content (AvgIpc) is 2.30. The van der Waals surface area contributed by atoms with Gasteiger partial charge in [0.1, 0.15) is 0 Å². The van der Waals surface area contributed by atoms with Crippen LogP contribution in [0.2, 0.25) is 0 Å². The first kappa shape index (κ1) is 12.3. The van der Waals surface area contributed by atoms with E-state index in [0.29, 0.717) is 5.54 Å². The van der Waals surface area contributed by atoms with E-state index >= 15 is 0 Å². The van der Waals surface area contributed by atoms with E-state index in [4.69, 9.17) is 0 Å². The molecule has 94 valence electrons. The number of piperidine rings is 1. The lowest BCUT2D eigenvalue weighted by molar-refractivity contribution is 0.0159. The van der Waals surface area contributed by atoms with Gasteiger partial charge < -0.3 is 5.32 Å². The van der Waals surface area contributed by atoms with Crippen molar-refractivity contribution in [3.05, 3.63) is 0 Å². The second-order valence-corrected chi connectivity index (χ2v) is 5.83. The summed E-state index contributed by atoms with van der Waals surface area (Å²) in [5.41, 5.74) is 0.416. The molecule has 2 saturated heterocycles. The fourth-order valence-corrected chi connectivity index (χ4v) is 3.17. The molecule has 0 aliphatic carbocycles. The maximum absolute atomic E-state index is 3.44. The van der Waals surface area contributed by atoms with Gasteiger partial charge >= 0.3 is 0 Å². The molecule has 0 aromatic heterocycles. The van der Waals surface area contributed by atoms with Crippen molar-refractivity contribution in [2.45, 2.75) is 45.2 Å². The van der Waals surface area contributed by atoms with Crippen LogP contribution in [0.15, 0.2) is 0 Å². The van der Waals surface area contributed by atoms with E-state index < -0.39 is 0 Å². The first-order valence-electron chi connectivity index (χ1n) is 6.83. The summed E-state index contributed by atoms with van der Waals surface area (Å²) in [7, 11) is 0. The van der Waals surface area contributed by atoms with Crippen LogP contribution in [0.1, 0.15) is 33.6 Å². The van der Waals surface area contributed by atoms with Gasteiger partial charge in [-0.05, 0) is 33.2 Å². The third-order valence-electron chi connectivity index (χ3n) is 4.43. The van der Waals surface area contributed by atoms with Crippen LogP contribution in [0.4, 0.5) is 0 Å². The molecule has 0 saturated carbocycles. The molecular formula is C13H27N3. The molecule has 0 radical (unpaired) electrons. The van der Waals surface area contributed by atoms with Crippen molar-refractivity contribution < 1.29 is 0 Å². The van der Waals surface area contributed by atoms with Crippen LogP contribution in [-0.2, 0) is 0 Å². The van der Waals surface area contributed by atoms with Crippen LogP contribution in [0, 0.1) is 0 Å². The van der Waals surface area contributed by atoms with Gasteiger partial charge in [-0.2, -0.15) is 0 Å². The number of rotatable bonds is 2. The number of piperazine rings is 1. The highest BCUT2D eigenvalue weighted by Crippen LogP contribution is 2.29. The Bertz CT molecular complexity index is 221. The standard InChI is InChI=1S/C13H27N3/c1-4-16-11-12(5-6-13(16,2)3)15-9-7-14-8-10-15/h12,14H,4-11H2,1-3H3. The SMILES string of the molecule is CCN1CC(N2CCNCC2)CCC1(C)C. The van der Waals surface area contributed by atoms with Gasteiger partial charge in [0.15, 0.2) is 0 Å². The van der Waals surface area contributed by atoms with Crippen LogP contribution >= 0.6 is 0 Å². The molecule has 0 amide bonds. The zero-order valence-electron chi connectivity index (χ0n) is 11.1. The highest BCUT2D eigenvalue weighted by Gasteiger charge is 2.35. The molecule has 1 atom stereocenters. The molecule has 1 N–H and O–H groups in total. The molecular weight excluding hydrogens is 198 g/mol. The molecule has 0 bridgehead atoms. The minimum Gasteiger partial charge on any atom is -0.314 e. The second kappa shape index (κ2) is 5.03. The fourth-order valence-electron chi connectivity index (χ4n) is 3.17. The van der Waals surface area contributed by atoms with Gasteiger partial charge in [-0.25, -0.2) is 0 Å². The van der Waals surface area contributed by atoms with Crippen molar-refractivity contribution >= 4 is 0 Å². The minimum absolute atomic E-state index is 0.416. The average molecular weight is 225 g/mol. The highest BCUT2D eigenvalue weighted by molar-refractivity contribution is 4.92. The first-order chi connectivity index (χ1) is 7.63. The number of likely N-dealkylation sites (tertiary alicyclic amines) is 1. The lowest BCUT2D eigenvalue weighted by Crippen LogP contribution is -2.59. The lowest BCUT2D eigenvalue weighted by Gasteiger charge is -2.48. The Morgan fingerprint density at radius 3 is 2.56 bits per heavy atom. The van der Waals surface area contributed by atoms with Gasteiger partial charge in [0.2, 0.25) is 0 Å². The number of likely N-dealkylation sites (N-methyl/N-ethyl adjacent to an activating group) is 1. The minimum atomic E-state index is 0.416. The van der Waals surface area contributed by atoms with E-state index in [1.54, 1.807) is 0 Å². The predicted octanol–water partition coefficient (Wildman–Crippen LogP) is 1.15. The Labute approximate surface area is 100 Å². The van der Waals surface area contributed by atoms with Crippen LogP contribution in [-0.4, -0.2) is 60.6 Å². The van der Waals surface area contributed by atoms with Crippen LogP contribution < -0.4 is 5.32 Å². The molecule has 2 heterocycles. The van der Waals surface area contributed by atoms with Gasteiger partial charge in [0, 0.05) is 44.3 Å². The summed E-state index contributed by atoms with van der Waals surface area (Å²) < 4.78 is 0. The molecule has 2 aliphatic heterocycles. The van der Waals surface area contributed by atoms with Gasteiger partial charge in [0.05, 0.1) is 0 Å². The third-order valence-corrected chi connectivity index (χ3v) is 4.43. The first-order valence-corrected chi connectivity index (χ1v) is 6.83. The van der Waals surface area contributed by atoms with Crippen molar-refractivity contribution in [1.29, 1.82) is 0 Å². The molecule has 3 nitrogen and oxygen atoms in total. The normalized spacial score (nSPS) is 32.8. The van der Waals surface area contributed by atoms with Crippen molar-refractivity contribution in [2.24, 2.45) is 0 Å². The van der Waals surface area contributed by atoms with E-state index in [9.17, 15) is 0 Å². The molecule has 16 heavy (non-hydrogen) atoms. The molecule has 2 aliphatic rings. The molecule has 2 fully saturated rings. The Morgan fingerprint density at radius 2 is 1.94 bits per heavy atom. The van der Waals surface area contributed by atoms with Gasteiger partial charge in [-0.3, -0.25) is 9.80 Å². The summed E-state index contributed by atoms with van der Waals surface area (Å²) in [5, 5.41) is 3.44. The van der Waals surface area contributed by atoms with E-state index in [-0.39, 0.29) is 0 Å². The highest BCUT2D eigenvalue weighted by atomic mass is 15.3. The van der Waals surface area contributed by atoms with Crippen molar-refractivity contribution in [3.8, 4) is 0 Å². The lowest BCUT2D eigenvalue weighted by atomic mass is 9.87. The Kier molecular flexibility index (Phi) is 3.88. The van der Waals surface area contributed by atoms with E-state index in [2.05, 4.69) is 35.9 Å². The number of nitrogens with zero attached hydrogens (tertiary/aromatic N) is 2. The summed E-state index contributed by atoms with van der Waals surface area (Å²) in [4.78, 5) is 5.34.